The topological polar surface area (TPSA) is 12.0 Å². The predicted molar refractivity (Wildman–Crippen MR) is 67.0 cm³/mol. The van der Waals surface area contributed by atoms with E-state index in [0.717, 1.165) is 24.0 Å². The van der Waals surface area contributed by atoms with Gasteiger partial charge in [0, 0.05) is 6.04 Å². The Morgan fingerprint density at radius 2 is 2.19 bits per heavy atom. The van der Waals surface area contributed by atoms with Crippen LogP contribution in [0.1, 0.15) is 36.9 Å². The van der Waals surface area contributed by atoms with E-state index in [2.05, 4.69) is 18.8 Å². The molecule has 0 spiro atoms. The standard InChI is InChI=1S/C14H20FN/c1-5-10(2)8-14(16-4)13-9-12(15)7-6-11(13)3/h6-7,9,14,16H,2,5,8H2,1,3-4H3. The number of nitrogens with one attached hydrogen (secondary N) is 1. The third-order valence-corrected chi connectivity index (χ3v) is 2.96. The summed E-state index contributed by atoms with van der Waals surface area (Å²) >= 11 is 0. The van der Waals surface area contributed by atoms with Gasteiger partial charge in [-0.05, 0) is 50.1 Å². The van der Waals surface area contributed by atoms with E-state index in [1.54, 1.807) is 6.07 Å². The van der Waals surface area contributed by atoms with E-state index in [-0.39, 0.29) is 11.9 Å². The van der Waals surface area contributed by atoms with Crippen LogP contribution in [0.5, 0.6) is 0 Å². The first-order chi connectivity index (χ1) is 7.58. The molecule has 16 heavy (non-hydrogen) atoms. The molecule has 1 aromatic rings. The maximum absolute atomic E-state index is 13.2. The van der Waals surface area contributed by atoms with Crippen LogP contribution in [0.25, 0.3) is 0 Å². The van der Waals surface area contributed by atoms with E-state index in [0.29, 0.717) is 0 Å². The van der Waals surface area contributed by atoms with Crippen molar-refractivity contribution in [2.24, 2.45) is 0 Å². The first-order valence-electron chi connectivity index (χ1n) is 5.68. The van der Waals surface area contributed by atoms with Crippen LogP contribution in [-0.4, -0.2) is 7.05 Å². The van der Waals surface area contributed by atoms with E-state index in [1.165, 1.54) is 11.6 Å². The molecule has 1 nitrogen and oxygen atoms in total. The molecule has 0 saturated carbocycles. The van der Waals surface area contributed by atoms with Crippen LogP contribution in [-0.2, 0) is 0 Å². The van der Waals surface area contributed by atoms with Gasteiger partial charge < -0.3 is 5.32 Å². The molecule has 1 aromatic carbocycles. The maximum atomic E-state index is 13.2. The van der Waals surface area contributed by atoms with E-state index in [4.69, 9.17) is 0 Å². The zero-order valence-corrected chi connectivity index (χ0v) is 10.3. The fourth-order valence-electron chi connectivity index (χ4n) is 1.79. The highest BCUT2D eigenvalue weighted by Crippen LogP contribution is 2.25. The second kappa shape index (κ2) is 5.80. The highest BCUT2D eigenvalue weighted by molar-refractivity contribution is 5.30. The van der Waals surface area contributed by atoms with Crippen molar-refractivity contribution in [2.45, 2.75) is 32.7 Å². The van der Waals surface area contributed by atoms with Crippen LogP contribution in [0, 0.1) is 12.7 Å². The molecular weight excluding hydrogens is 201 g/mol. The molecule has 0 bridgehead atoms. The van der Waals surface area contributed by atoms with Crippen molar-refractivity contribution in [3.05, 3.63) is 47.3 Å². The predicted octanol–water partition coefficient (Wildman–Crippen LogP) is 3.75. The molecule has 0 saturated heterocycles. The lowest BCUT2D eigenvalue weighted by atomic mass is 9.95. The minimum atomic E-state index is -0.178. The molecule has 0 heterocycles. The average molecular weight is 221 g/mol. The molecule has 0 radical (unpaired) electrons. The van der Waals surface area contributed by atoms with Gasteiger partial charge in [0.1, 0.15) is 5.82 Å². The Bertz CT molecular complexity index is 371. The van der Waals surface area contributed by atoms with E-state index < -0.39 is 0 Å². The zero-order chi connectivity index (χ0) is 12.1. The Kier molecular flexibility index (Phi) is 4.69. The smallest absolute Gasteiger partial charge is 0.123 e. The fourth-order valence-corrected chi connectivity index (χ4v) is 1.79. The van der Waals surface area contributed by atoms with Crippen LogP contribution >= 0.6 is 0 Å². The molecule has 1 unspecified atom stereocenters. The summed E-state index contributed by atoms with van der Waals surface area (Å²) in [5.74, 6) is -0.178. The SMILES string of the molecule is C=C(CC)CC(NC)c1cc(F)ccc1C. The molecule has 0 aliphatic heterocycles. The third-order valence-electron chi connectivity index (χ3n) is 2.96. The van der Waals surface area contributed by atoms with Crippen molar-refractivity contribution in [1.29, 1.82) is 0 Å². The van der Waals surface area contributed by atoms with Gasteiger partial charge in [0.2, 0.25) is 0 Å². The number of aryl methyl sites for hydroxylation is 1. The number of benzene rings is 1. The Labute approximate surface area is 97.4 Å². The minimum Gasteiger partial charge on any atom is -0.313 e. The van der Waals surface area contributed by atoms with Gasteiger partial charge in [0.15, 0.2) is 0 Å². The van der Waals surface area contributed by atoms with Crippen LogP contribution in [0.4, 0.5) is 4.39 Å². The lowest BCUT2D eigenvalue weighted by molar-refractivity contribution is 0.567. The molecule has 0 fully saturated rings. The maximum Gasteiger partial charge on any atom is 0.123 e. The minimum absolute atomic E-state index is 0.156. The molecule has 0 aliphatic carbocycles. The van der Waals surface area contributed by atoms with Crippen molar-refractivity contribution in [3.63, 3.8) is 0 Å². The van der Waals surface area contributed by atoms with Crippen LogP contribution in [0.2, 0.25) is 0 Å². The van der Waals surface area contributed by atoms with E-state index in [9.17, 15) is 4.39 Å². The van der Waals surface area contributed by atoms with Gasteiger partial charge in [-0.2, -0.15) is 0 Å². The summed E-state index contributed by atoms with van der Waals surface area (Å²) in [5.41, 5.74) is 3.32. The summed E-state index contributed by atoms with van der Waals surface area (Å²) in [6.45, 7) is 8.10. The Balaban J connectivity index is 2.94. The van der Waals surface area contributed by atoms with Crippen molar-refractivity contribution in [1.82, 2.24) is 5.32 Å². The number of rotatable bonds is 5. The molecule has 2 heteroatoms. The van der Waals surface area contributed by atoms with Crippen LogP contribution in [0.15, 0.2) is 30.4 Å². The number of hydrogen-bond acceptors (Lipinski definition) is 1. The van der Waals surface area contributed by atoms with Crippen molar-refractivity contribution in [3.8, 4) is 0 Å². The van der Waals surface area contributed by atoms with Gasteiger partial charge in [-0.3, -0.25) is 0 Å². The van der Waals surface area contributed by atoms with Gasteiger partial charge in [-0.1, -0.05) is 25.1 Å². The van der Waals surface area contributed by atoms with Crippen molar-refractivity contribution < 1.29 is 4.39 Å². The highest BCUT2D eigenvalue weighted by Gasteiger charge is 2.13. The van der Waals surface area contributed by atoms with E-state index in [1.807, 2.05) is 20.0 Å². The summed E-state index contributed by atoms with van der Waals surface area (Å²) < 4.78 is 13.2. The Hall–Kier alpha value is -1.15. The van der Waals surface area contributed by atoms with Gasteiger partial charge in [0.05, 0.1) is 0 Å². The quantitative estimate of drug-likeness (QED) is 0.747. The molecule has 0 amide bonds. The molecule has 0 aromatic heterocycles. The zero-order valence-electron chi connectivity index (χ0n) is 10.3. The molecular formula is C14H20FN. The normalized spacial score (nSPS) is 12.5. The molecule has 0 aliphatic rings. The lowest BCUT2D eigenvalue weighted by Crippen LogP contribution is -2.18. The Morgan fingerprint density at radius 3 is 2.75 bits per heavy atom. The summed E-state index contributed by atoms with van der Waals surface area (Å²) in [6.07, 6.45) is 1.82. The summed E-state index contributed by atoms with van der Waals surface area (Å²) in [7, 11) is 1.90. The number of halogens is 1. The summed E-state index contributed by atoms with van der Waals surface area (Å²) in [6, 6.07) is 5.09. The highest BCUT2D eigenvalue weighted by atomic mass is 19.1. The van der Waals surface area contributed by atoms with E-state index >= 15 is 0 Å². The second-order valence-corrected chi connectivity index (χ2v) is 4.15. The third kappa shape index (κ3) is 3.17. The average Bonchev–Trinajstić information content (AvgIpc) is 2.29. The first kappa shape index (κ1) is 12.9. The fraction of sp³-hybridized carbons (Fsp3) is 0.429. The lowest BCUT2D eigenvalue weighted by Gasteiger charge is -2.19. The summed E-state index contributed by atoms with van der Waals surface area (Å²) in [5, 5.41) is 3.22. The van der Waals surface area contributed by atoms with Crippen molar-refractivity contribution >= 4 is 0 Å². The molecule has 1 rings (SSSR count). The molecule has 1 N–H and O–H groups in total. The van der Waals surface area contributed by atoms with Crippen LogP contribution in [0.3, 0.4) is 0 Å². The molecule has 88 valence electrons. The van der Waals surface area contributed by atoms with Crippen molar-refractivity contribution in [2.75, 3.05) is 7.05 Å². The van der Waals surface area contributed by atoms with Gasteiger partial charge in [-0.25, -0.2) is 4.39 Å². The van der Waals surface area contributed by atoms with Gasteiger partial charge in [-0.15, -0.1) is 0 Å². The summed E-state index contributed by atoms with van der Waals surface area (Å²) in [4.78, 5) is 0. The molecule has 1 atom stereocenters. The number of hydrogen-bond donors (Lipinski definition) is 1. The second-order valence-electron chi connectivity index (χ2n) is 4.15. The van der Waals surface area contributed by atoms with Gasteiger partial charge >= 0.3 is 0 Å². The Morgan fingerprint density at radius 1 is 1.50 bits per heavy atom. The monoisotopic (exact) mass is 221 g/mol. The largest absolute Gasteiger partial charge is 0.313 e. The first-order valence-corrected chi connectivity index (χ1v) is 5.68. The van der Waals surface area contributed by atoms with Crippen LogP contribution < -0.4 is 5.32 Å². The van der Waals surface area contributed by atoms with Gasteiger partial charge in [0.25, 0.3) is 0 Å².